The molecule has 0 fully saturated rings. The zero-order chi connectivity index (χ0) is 84.0. The molecular weight excluding hydrogens is 1470 g/mol. The number of nitrogens with one attached hydrogen (secondary N) is 13. The van der Waals surface area contributed by atoms with E-state index in [0.29, 0.717) is 37.8 Å². The number of rotatable bonds is 54. The van der Waals surface area contributed by atoms with Crippen LogP contribution >= 0.6 is 0 Å². The Labute approximate surface area is 645 Å². The number of nitrogens with zero attached hydrogens (tertiary/aromatic N) is 4. The van der Waals surface area contributed by atoms with Crippen LogP contribution in [0.25, 0.3) is 0 Å². The van der Waals surface area contributed by atoms with E-state index in [0.717, 1.165) is 19.1 Å². The van der Waals surface area contributed by atoms with Crippen molar-refractivity contribution in [2.75, 3.05) is 59.0 Å². The van der Waals surface area contributed by atoms with Crippen molar-refractivity contribution >= 4 is 106 Å². The van der Waals surface area contributed by atoms with E-state index in [9.17, 15) is 87.5 Å². The van der Waals surface area contributed by atoms with Crippen molar-refractivity contribution in [3.05, 3.63) is 75.8 Å². The summed E-state index contributed by atoms with van der Waals surface area (Å²) in [5.41, 5.74) is 56.0. The van der Waals surface area contributed by atoms with Gasteiger partial charge in [0, 0.05) is 44.6 Å². The van der Waals surface area contributed by atoms with Crippen LogP contribution in [0, 0.1) is 10.1 Å². The first-order valence-electron chi connectivity index (χ1n) is 36.0. The second-order valence-corrected chi connectivity index (χ2v) is 25.9. The number of aliphatic hydroxyl groups excluding tert-OH is 2. The number of primary amides is 1. The van der Waals surface area contributed by atoms with E-state index in [1.54, 1.807) is 30.3 Å². The van der Waals surface area contributed by atoms with Crippen LogP contribution in [0.4, 0.5) is 5.69 Å². The molecule has 0 aliphatic rings. The Morgan fingerprint density at radius 3 is 1.27 bits per heavy atom. The fraction of sp³-hybridized carbons (Fsp3) is 0.567. The molecular formula is C67H111N27O18. The molecule has 0 aliphatic heterocycles. The number of nitro benzene ring substituents is 1. The third-order valence-electron chi connectivity index (χ3n) is 16.5. The summed E-state index contributed by atoms with van der Waals surface area (Å²) >= 11 is 0. The molecule has 14 amide bonds. The molecule has 0 bridgehead atoms. The normalized spacial score (nSPS) is 14.0. The van der Waals surface area contributed by atoms with E-state index in [2.05, 4.69) is 84.1 Å². The van der Waals surface area contributed by atoms with Gasteiger partial charge in [-0.05, 0) is 122 Å². The Kier molecular flexibility index (Phi) is 44.8. The summed E-state index contributed by atoms with van der Waals surface area (Å²) in [5.74, 6) is -14.0. The van der Waals surface area contributed by atoms with Crippen LogP contribution in [0.15, 0.2) is 69.6 Å². The lowest BCUT2D eigenvalue weighted by molar-refractivity contribution is -0.384. The molecule has 45 heteroatoms. The predicted octanol–water partition coefficient (Wildman–Crippen LogP) is -10.8. The first-order chi connectivity index (χ1) is 53.0. The topological polar surface area (TPSA) is 776 Å². The quantitative estimate of drug-likeness (QED) is 0.00961. The zero-order valence-electron chi connectivity index (χ0n) is 62.9. The minimum atomic E-state index is -1.86. The molecule has 35 N–H and O–H groups in total. The maximum atomic E-state index is 14.2. The Morgan fingerprint density at radius 2 is 0.795 bits per heavy atom. The summed E-state index contributed by atoms with van der Waals surface area (Å²) in [6.45, 7) is 0.725. The lowest BCUT2D eigenvalue weighted by Gasteiger charge is -2.26. The molecule has 0 saturated heterocycles. The fourth-order valence-corrected chi connectivity index (χ4v) is 10.3. The van der Waals surface area contributed by atoms with Crippen LogP contribution < -0.4 is 126 Å². The number of nitro groups is 1. The fourth-order valence-electron chi connectivity index (χ4n) is 10.3. The Morgan fingerprint density at radius 1 is 0.411 bits per heavy atom. The number of benzene rings is 2. The molecule has 0 aliphatic carbocycles. The summed E-state index contributed by atoms with van der Waals surface area (Å²) in [7, 11) is 0. The monoisotopic (exact) mass is 1580 g/mol. The van der Waals surface area contributed by atoms with Gasteiger partial charge in [0.05, 0.1) is 43.3 Å². The zero-order valence-corrected chi connectivity index (χ0v) is 62.9. The van der Waals surface area contributed by atoms with Crippen molar-refractivity contribution in [2.45, 2.75) is 183 Å². The molecule has 45 nitrogen and oxygen atoms in total. The molecule has 2 aromatic rings. The van der Waals surface area contributed by atoms with E-state index < -0.39 is 193 Å². The third kappa shape index (κ3) is 38.9. The van der Waals surface area contributed by atoms with Gasteiger partial charge in [0.15, 0.2) is 17.9 Å². The maximum Gasteiger partial charge on any atom is 0.269 e. The largest absolute Gasteiger partial charge is 0.394 e. The lowest BCUT2D eigenvalue weighted by Crippen LogP contribution is -2.60. The van der Waals surface area contributed by atoms with Crippen LogP contribution in [0.2, 0.25) is 0 Å². The van der Waals surface area contributed by atoms with Gasteiger partial charge in [-0.1, -0.05) is 42.5 Å². The first kappa shape index (κ1) is 96.1. The van der Waals surface area contributed by atoms with Crippen LogP contribution in [-0.4, -0.2) is 247 Å². The average molecular weight is 1580 g/mol. The highest BCUT2D eigenvalue weighted by molar-refractivity contribution is 5.99. The molecule has 0 heterocycles. The molecule has 0 spiro atoms. The van der Waals surface area contributed by atoms with E-state index in [-0.39, 0.29) is 113 Å². The van der Waals surface area contributed by atoms with E-state index in [4.69, 9.17) is 57.3 Å². The third-order valence-corrected chi connectivity index (χ3v) is 16.5. The summed E-state index contributed by atoms with van der Waals surface area (Å²) in [6.07, 6.45) is -0.118. The number of carbonyl (C=O) groups is 14. The summed E-state index contributed by atoms with van der Waals surface area (Å²) in [5, 5.41) is 63.8. The molecule has 112 heavy (non-hydrogen) atoms. The van der Waals surface area contributed by atoms with Gasteiger partial charge in [0.1, 0.15) is 60.4 Å². The molecule has 0 aromatic heterocycles. The van der Waals surface area contributed by atoms with Gasteiger partial charge < -0.3 is 137 Å². The van der Waals surface area contributed by atoms with Gasteiger partial charge in [-0.2, -0.15) is 0 Å². The molecule has 0 unspecified atom stereocenters. The lowest BCUT2D eigenvalue weighted by atomic mass is 10.0. The van der Waals surface area contributed by atoms with Crippen LogP contribution in [-0.2, 0) is 80.0 Å². The molecule has 2 aromatic carbocycles. The van der Waals surface area contributed by atoms with Gasteiger partial charge in [0.2, 0.25) is 82.7 Å². The molecule has 622 valence electrons. The van der Waals surface area contributed by atoms with Crippen molar-refractivity contribution in [1.82, 2.24) is 69.1 Å². The Hall–Kier alpha value is -12.0. The highest BCUT2D eigenvalue weighted by atomic mass is 16.6. The SMILES string of the molecule is C[C@H](NC(=O)CNC(=O)[C@@H](NC(=O)[C@H](Cc1ccc([N+](=O)[O-])cc1)NC(=O)CNC(=O)CNC(=O)[C@H](Cc1ccccc1)NC(=O)[C@@H](N)CCCN=C(N)N)[C@@H](C)O)C(=O)N[C@@H](CCCN=C(N)N)C(=O)N[C@@H](CCCCN)C(=O)N[C@@H](CO)C(=O)N[C@@H](C)C(=O)N[C@@H](CCCN=C(N)N)C(=O)N[C@@H](CCCCN)C(N)=O. The molecule has 2 rings (SSSR count). The van der Waals surface area contributed by atoms with E-state index in [1.165, 1.54) is 26.0 Å². The number of non-ortho nitro benzene ring substituents is 1. The van der Waals surface area contributed by atoms with Gasteiger partial charge in [-0.15, -0.1) is 0 Å². The van der Waals surface area contributed by atoms with E-state index >= 15 is 0 Å². The Bertz CT molecular complexity index is 3540. The number of aliphatic hydroxyl groups is 2. The average Bonchev–Trinajstić information content (AvgIpc) is 0.880. The number of unbranched alkanes of at least 4 members (excludes halogenated alkanes) is 2. The van der Waals surface area contributed by atoms with Gasteiger partial charge in [0.25, 0.3) is 5.69 Å². The van der Waals surface area contributed by atoms with Crippen LogP contribution in [0.5, 0.6) is 0 Å². The number of guanidine groups is 3. The number of hydrogen-bond donors (Lipinski definition) is 25. The van der Waals surface area contributed by atoms with Crippen molar-refractivity contribution < 1.29 is 82.3 Å². The number of hydrogen-bond acceptors (Lipinski definition) is 24. The maximum absolute atomic E-state index is 14.2. The smallest absolute Gasteiger partial charge is 0.269 e. The molecule has 12 atom stereocenters. The molecule has 0 radical (unpaired) electrons. The second-order valence-electron chi connectivity index (χ2n) is 25.9. The second kappa shape index (κ2) is 52.2. The minimum Gasteiger partial charge on any atom is -0.394 e. The summed E-state index contributed by atoms with van der Waals surface area (Å²) in [4.78, 5) is 211. The van der Waals surface area contributed by atoms with Crippen LogP contribution in [0.1, 0.15) is 109 Å². The Balaban J connectivity index is 2.25. The number of amides is 14. The molecule has 0 saturated carbocycles. The van der Waals surface area contributed by atoms with E-state index in [1.807, 2.05) is 0 Å². The van der Waals surface area contributed by atoms with Crippen molar-refractivity contribution in [3.63, 3.8) is 0 Å². The number of carbonyl (C=O) groups excluding carboxylic acids is 14. The van der Waals surface area contributed by atoms with Crippen molar-refractivity contribution in [2.24, 2.45) is 72.3 Å². The minimum absolute atomic E-state index is 0.0129. The van der Waals surface area contributed by atoms with Gasteiger partial charge in [-0.3, -0.25) is 92.2 Å². The number of aliphatic imine (C=N–C) groups is 3. The first-order valence-corrected chi connectivity index (χ1v) is 36.0. The van der Waals surface area contributed by atoms with Crippen molar-refractivity contribution in [1.29, 1.82) is 0 Å². The van der Waals surface area contributed by atoms with Crippen LogP contribution in [0.3, 0.4) is 0 Å². The summed E-state index contributed by atoms with van der Waals surface area (Å²) < 4.78 is 0. The predicted molar refractivity (Wildman–Crippen MR) is 408 cm³/mol. The summed E-state index contributed by atoms with van der Waals surface area (Å²) in [6, 6.07) is -2.51. The highest BCUT2D eigenvalue weighted by Gasteiger charge is 2.35. The highest BCUT2D eigenvalue weighted by Crippen LogP contribution is 2.15. The van der Waals surface area contributed by atoms with Crippen molar-refractivity contribution in [3.8, 4) is 0 Å². The van der Waals surface area contributed by atoms with Gasteiger partial charge in [-0.25, -0.2) is 0 Å². The van der Waals surface area contributed by atoms with Gasteiger partial charge >= 0.3 is 0 Å². The number of nitrogens with two attached hydrogens (primary N) is 10. The standard InChI is InChI=1S/C67H111N27O18/c1-36(55(101)88-46(20-13-29-80-67(76)77)60(106)90-44(18-8-10-26-69)61(107)92-49(35-95)63(109)85-37(2)56(102)89-45(19-12-28-79-66(74)75)59(105)87-43(54(71)100)17-7-9-25-68)84-51(98)34-83-64(110)53(38(3)96)93-62(108)48(31-40-21-23-41(24-22-40)94(111)112)86-52(99)33-81-50(97)32-82-58(104)47(30-39-14-5-4-6-15-39)91-57(103)42(70)16-11-27-78-65(72)73/h4-6,14-15,21-24,36-38,42-49,53,95-96H,7-13,16-20,25-35,68-70H2,1-3H3,(H2,71,100)(H,81,97)(H,82,104)(H,83,110)(H,84,98)(H,85,109)(H,86,99)(H,87,105)(H,88,101)(H,89,102)(H,90,106)(H,91,103)(H,92,107)(H,93,108)(H4,72,73,78)(H4,74,75,79)(H4,76,77,80)/t36-,37-,38+,42-,43-,44-,45-,46-,47-,48-,49-,53-/m0/s1.